The number of nitrogens with zero attached hydrogens (tertiary/aromatic N) is 3. The van der Waals surface area contributed by atoms with Gasteiger partial charge in [0.25, 0.3) is 10.2 Å². The van der Waals surface area contributed by atoms with Gasteiger partial charge in [-0.2, -0.15) is 17.0 Å². The summed E-state index contributed by atoms with van der Waals surface area (Å²) in [6, 6.07) is 0. The molecule has 0 aromatic rings. The summed E-state index contributed by atoms with van der Waals surface area (Å²) in [6.45, 7) is 4.68. The molecule has 20 heavy (non-hydrogen) atoms. The van der Waals surface area contributed by atoms with Crippen LogP contribution in [0.15, 0.2) is 0 Å². The van der Waals surface area contributed by atoms with Crippen molar-refractivity contribution in [3.63, 3.8) is 0 Å². The van der Waals surface area contributed by atoms with Crippen molar-refractivity contribution in [3.8, 4) is 0 Å². The Kier molecular flexibility index (Phi) is 5.80. The minimum atomic E-state index is -3.27. The second-order valence-electron chi connectivity index (χ2n) is 5.93. The summed E-state index contributed by atoms with van der Waals surface area (Å²) in [5.41, 5.74) is 0. The lowest BCUT2D eigenvalue weighted by atomic mass is 9.98. The molecular weight excluding hydrogens is 278 g/mol. The van der Waals surface area contributed by atoms with Crippen molar-refractivity contribution in [2.45, 2.75) is 25.7 Å². The molecule has 1 atom stereocenters. The van der Waals surface area contributed by atoms with E-state index in [1.54, 1.807) is 11.4 Å². The summed E-state index contributed by atoms with van der Waals surface area (Å²) in [7, 11) is -1.58. The van der Waals surface area contributed by atoms with E-state index in [0.29, 0.717) is 32.1 Å². The molecule has 0 spiro atoms. The highest BCUT2D eigenvalue weighted by Crippen LogP contribution is 2.21. The van der Waals surface area contributed by atoms with Gasteiger partial charge < -0.3 is 10.0 Å². The molecule has 0 bridgehead atoms. The molecule has 1 unspecified atom stereocenters. The van der Waals surface area contributed by atoms with Crippen LogP contribution in [0.25, 0.3) is 0 Å². The van der Waals surface area contributed by atoms with Gasteiger partial charge in [-0.15, -0.1) is 0 Å². The van der Waals surface area contributed by atoms with Crippen molar-refractivity contribution in [1.29, 1.82) is 0 Å². The van der Waals surface area contributed by atoms with E-state index in [1.165, 1.54) is 4.31 Å². The topological polar surface area (TPSA) is 64.1 Å². The number of likely N-dealkylation sites (tertiary alicyclic amines) is 1. The molecule has 118 valence electrons. The van der Waals surface area contributed by atoms with Crippen LogP contribution >= 0.6 is 0 Å². The Morgan fingerprint density at radius 2 is 1.90 bits per heavy atom. The number of aliphatic hydroxyl groups is 1. The molecule has 2 rings (SSSR count). The minimum Gasteiger partial charge on any atom is -0.395 e. The molecule has 2 saturated heterocycles. The lowest BCUT2D eigenvalue weighted by molar-refractivity contribution is 0.131. The van der Waals surface area contributed by atoms with Crippen LogP contribution in [0.5, 0.6) is 0 Å². The maximum atomic E-state index is 12.4. The fourth-order valence-corrected chi connectivity index (χ4v) is 4.73. The zero-order valence-corrected chi connectivity index (χ0v) is 13.2. The van der Waals surface area contributed by atoms with Crippen LogP contribution in [0.2, 0.25) is 0 Å². The third-order valence-corrected chi connectivity index (χ3v) is 6.27. The van der Waals surface area contributed by atoms with Crippen LogP contribution in [0.4, 0.5) is 0 Å². The van der Waals surface area contributed by atoms with Crippen LogP contribution in [0, 0.1) is 5.92 Å². The van der Waals surface area contributed by atoms with Crippen molar-refractivity contribution in [2.75, 3.05) is 52.9 Å². The Hall–Kier alpha value is -0.210. The molecule has 0 saturated carbocycles. The van der Waals surface area contributed by atoms with E-state index >= 15 is 0 Å². The molecular formula is C13H27N3O3S. The number of piperidine rings is 1. The number of hydrogen-bond acceptors (Lipinski definition) is 4. The normalized spacial score (nSPS) is 26.4. The van der Waals surface area contributed by atoms with Crippen LogP contribution in [-0.2, 0) is 10.2 Å². The van der Waals surface area contributed by atoms with Crippen molar-refractivity contribution in [1.82, 2.24) is 13.5 Å². The summed E-state index contributed by atoms with van der Waals surface area (Å²) in [5.74, 6) is 0.373. The minimum absolute atomic E-state index is 0.175. The SMILES string of the molecule is CN(CC1CCCN(CCO)C1)S(=O)(=O)N1CCCC1. The average molecular weight is 305 g/mol. The molecule has 0 amide bonds. The monoisotopic (exact) mass is 305 g/mol. The number of hydrogen-bond donors (Lipinski definition) is 1. The summed E-state index contributed by atoms with van der Waals surface area (Å²) in [5, 5.41) is 9.00. The van der Waals surface area contributed by atoms with Crippen molar-refractivity contribution in [3.05, 3.63) is 0 Å². The third kappa shape index (κ3) is 3.92. The largest absolute Gasteiger partial charge is 0.395 e. The van der Waals surface area contributed by atoms with Gasteiger partial charge >= 0.3 is 0 Å². The molecule has 0 aromatic carbocycles. The fourth-order valence-electron chi connectivity index (χ4n) is 3.22. The first kappa shape index (κ1) is 16.2. The Balaban J connectivity index is 1.88. The molecule has 0 radical (unpaired) electrons. The van der Waals surface area contributed by atoms with Gasteiger partial charge in [0.2, 0.25) is 0 Å². The van der Waals surface area contributed by atoms with Crippen LogP contribution in [-0.4, -0.2) is 80.0 Å². The van der Waals surface area contributed by atoms with E-state index in [-0.39, 0.29) is 6.61 Å². The van der Waals surface area contributed by atoms with Crippen LogP contribution in [0.3, 0.4) is 0 Å². The standard InChI is InChI=1S/C13H27N3O3S/c1-14(20(18,19)16-7-2-3-8-16)11-13-5-4-6-15(12-13)9-10-17/h13,17H,2-12H2,1H3. The first-order chi connectivity index (χ1) is 9.54. The molecule has 2 fully saturated rings. The molecule has 0 aliphatic carbocycles. The molecule has 0 aromatic heterocycles. The lowest BCUT2D eigenvalue weighted by Gasteiger charge is -2.34. The van der Waals surface area contributed by atoms with Gasteiger partial charge in [-0.1, -0.05) is 0 Å². The van der Waals surface area contributed by atoms with Gasteiger partial charge in [0.15, 0.2) is 0 Å². The quantitative estimate of drug-likeness (QED) is 0.748. The van der Waals surface area contributed by atoms with Crippen molar-refractivity contribution >= 4 is 10.2 Å². The highest BCUT2D eigenvalue weighted by atomic mass is 32.2. The molecule has 2 aliphatic heterocycles. The second kappa shape index (κ2) is 7.17. The summed E-state index contributed by atoms with van der Waals surface area (Å²) < 4.78 is 27.9. The lowest BCUT2D eigenvalue weighted by Crippen LogP contribution is -2.46. The van der Waals surface area contributed by atoms with Gasteiger partial charge in [-0.05, 0) is 38.1 Å². The smallest absolute Gasteiger partial charge is 0.281 e. The molecule has 1 N–H and O–H groups in total. The Morgan fingerprint density at radius 3 is 2.55 bits per heavy atom. The molecule has 2 heterocycles. The highest BCUT2D eigenvalue weighted by molar-refractivity contribution is 7.86. The van der Waals surface area contributed by atoms with E-state index in [2.05, 4.69) is 4.90 Å². The third-order valence-electron chi connectivity index (χ3n) is 4.32. The highest BCUT2D eigenvalue weighted by Gasteiger charge is 2.31. The van der Waals surface area contributed by atoms with Gasteiger partial charge in [0.05, 0.1) is 6.61 Å². The zero-order chi connectivity index (χ0) is 14.6. The number of β-amino-alcohol motifs (C(OH)–C–C–N with tert-alkyl or cyclic N) is 1. The Labute approximate surface area is 122 Å². The average Bonchev–Trinajstić information content (AvgIpc) is 2.94. The van der Waals surface area contributed by atoms with Gasteiger partial charge in [0.1, 0.15) is 0 Å². The van der Waals surface area contributed by atoms with Crippen molar-refractivity contribution in [2.24, 2.45) is 5.92 Å². The molecule has 2 aliphatic rings. The predicted molar refractivity (Wildman–Crippen MR) is 78.6 cm³/mol. The maximum Gasteiger partial charge on any atom is 0.281 e. The Morgan fingerprint density at radius 1 is 1.20 bits per heavy atom. The summed E-state index contributed by atoms with van der Waals surface area (Å²) >= 11 is 0. The van der Waals surface area contributed by atoms with Crippen LogP contribution in [0.1, 0.15) is 25.7 Å². The molecule has 7 heteroatoms. The van der Waals surface area contributed by atoms with Gasteiger partial charge in [-0.3, -0.25) is 0 Å². The first-order valence-electron chi connectivity index (χ1n) is 7.58. The van der Waals surface area contributed by atoms with E-state index in [0.717, 1.165) is 38.8 Å². The second-order valence-corrected chi connectivity index (χ2v) is 7.96. The van der Waals surface area contributed by atoms with E-state index in [9.17, 15) is 8.42 Å². The predicted octanol–water partition coefficient (Wildman–Crippen LogP) is -0.0369. The Bertz CT molecular complexity index is 394. The van der Waals surface area contributed by atoms with Crippen LogP contribution < -0.4 is 0 Å². The van der Waals surface area contributed by atoms with Gasteiger partial charge in [0, 0.05) is 39.8 Å². The summed E-state index contributed by atoms with van der Waals surface area (Å²) in [6.07, 6.45) is 4.10. The molecule has 6 nitrogen and oxygen atoms in total. The summed E-state index contributed by atoms with van der Waals surface area (Å²) in [4.78, 5) is 2.23. The van der Waals surface area contributed by atoms with E-state index in [1.807, 2.05) is 0 Å². The van der Waals surface area contributed by atoms with Crippen molar-refractivity contribution < 1.29 is 13.5 Å². The fraction of sp³-hybridized carbons (Fsp3) is 1.00. The van der Waals surface area contributed by atoms with Gasteiger partial charge in [-0.25, -0.2) is 0 Å². The first-order valence-corrected chi connectivity index (χ1v) is 8.98. The zero-order valence-electron chi connectivity index (χ0n) is 12.4. The van der Waals surface area contributed by atoms with E-state index in [4.69, 9.17) is 5.11 Å². The maximum absolute atomic E-state index is 12.4. The number of aliphatic hydroxyl groups excluding tert-OH is 1. The van der Waals surface area contributed by atoms with E-state index < -0.39 is 10.2 Å². The number of rotatable bonds is 6.